The maximum atomic E-state index is 5.62. The van der Waals surface area contributed by atoms with E-state index in [9.17, 15) is 0 Å². The van der Waals surface area contributed by atoms with Gasteiger partial charge >= 0.3 is 0 Å². The van der Waals surface area contributed by atoms with Gasteiger partial charge in [0.2, 0.25) is 0 Å². The molecule has 3 nitrogen and oxygen atoms in total. The van der Waals surface area contributed by atoms with Gasteiger partial charge in [-0.25, -0.2) is 0 Å². The molecule has 2 aliphatic rings. The molecular formula is C16H20BrN3S. The van der Waals surface area contributed by atoms with Gasteiger partial charge in [-0.05, 0) is 63.1 Å². The van der Waals surface area contributed by atoms with Crippen LogP contribution in [0, 0.1) is 4.77 Å². The van der Waals surface area contributed by atoms with Gasteiger partial charge in [-0.15, -0.1) is 0 Å². The molecule has 21 heavy (non-hydrogen) atoms. The molecule has 4 rings (SSSR count). The minimum atomic E-state index is 0.541. The number of aromatic nitrogens is 2. The molecule has 0 spiro atoms. The van der Waals surface area contributed by atoms with Gasteiger partial charge in [-0.3, -0.25) is 0 Å². The zero-order valence-electron chi connectivity index (χ0n) is 12.2. The summed E-state index contributed by atoms with van der Waals surface area (Å²) < 4.78 is 4.34. The van der Waals surface area contributed by atoms with E-state index < -0.39 is 0 Å². The average Bonchev–Trinajstić information content (AvgIpc) is 2.73. The lowest BCUT2D eigenvalue weighted by Crippen LogP contribution is -2.50. The van der Waals surface area contributed by atoms with Crippen molar-refractivity contribution < 1.29 is 0 Å². The number of aromatic amines is 1. The summed E-state index contributed by atoms with van der Waals surface area (Å²) >= 11 is 9.16. The van der Waals surface area contributed by atoms with Crippen molar-refractivity contribution in [2.24, 2.45) is 0 Å². The Balaban J connectivity index is 1.77. The Hall–Kier alpha value is -0.650. The van der Waals surface area contributed by atoms with E-state index in [1.807, 2.05) is 0 Å². The second kappa shape index (κ2) is 5.21. The highest BCUT2D eigenvalue weighted by Crippen LogP contribution is 2.39. The highest BCUT2D eigenvalue weighted by molar-refractivity contribution is 9.10. The van der Waals surface area contributed by atoms with Crippen LogP contribution in [0.1, 0.15) is 38.1 Å². The van der Waals surface area contributed by atoms with Crippen LogP contribution in [0.4, 0.5) is 0 Å². The summed E-state index contributed by atoms with van der Waals surface area (Å²) in [7, 11) is 2.30. The summed E-state index contributed by atoms with van der Waals surface area (Å²) in [4.78, 5) is 5.98. The third kappa shape index (κ3) is 2.30. The lowest BCUT2D eigenvalue weighted by Gasteiger charge is -2.47. The van der Waals surface area contributed by atoms with Gasteiger partial charge in [0.25, 0.3) is 0 Å². The maximum Gasteiger partial charge on any atom is 0.178 e. The number of benzene rings is 1. The molecule has 2 atom stereocenters. The Kier molecular flexibility index (Phi) is 3.47. The molecule has 1 aromatic heterocycles. The van der Waals surface area contributed by atoms with E-state index in [1.54, 1.807) is 0 Å². The molecule has 1 N–H and O–H groups in total. The van der Waals surface area contributed by atoms with E-state index in [0.29, 0.717) is 6.04 Å². The minimum absolute atomic E-state index is 0.541. The lowest BCUT2D eigenvalue weighted by molar-refractivity contribution is 0.0407. The van der Waals surface area contributed by atoms with Crippen molar-refractivity contribution in [3.05, 3.63) is 27.4 Å². The number of nitrogens with one attached hydrogen (secondary N) is 1. The SMILES string of the molecule is CN1C2CCCC1CC(n1c(=S)[nH]c3cc(Br)ccc31)C2. The van der Waals surface area contributed by atoms with Crippen molar-refractivity contribution in [2.75, 3.05) is 7.05 Å². The molecule has 2 saturated heterocycles. The third-order valence-corrected chi connectivity index (χ3v) is 6.15. The van der Waals surface area contributed by atoms with Crippen LogP contribution in [0.5, 0.6) is 0 Å². The molecule has 0 saturated carbocycles. The number of hydrogen-bond donors (Lipinski definition) is 1. The minimum Gasteiger partial charge on any atom is -0.331 e. The number of fused-ring (bicyclic) bond motifs is 3. The number of imidazole rings is 1. The molecule has 5 heteroatoms. The lowest BCUT2D eigenvalue weighted by atomic mass is 9.82. The van der Waals surface area contributed by atoms with E-state index in [0.717, 1.165) is 26.8 Å². The fourth-order valence-corrected chi connectivity index (χ4v) is 4.98. The van der Waals surface area contributed by atoms with E-state index in [2.05, 4.69) is 55.6 Å². The number of nitrogens with zero attached hydrogens (tertiary/aromatic N) is 2. The topological polar surface area (TPSA) is 24.0 Å². The third-order valence-electron chi connectivity index (χ3n) is 5.36. The van der Waals surface area contributed by atoms with Crippen molar-refractivity contribution in [3.63, 3.8) is 0 Å². The summed E-state index contributed by atoms with van der Waals surface area (Å²) in [6, 6.07) is 8.41. The molecule has 2 unspecified atom stereocenters. The van der Waals surface area contributed by atoms with Gasteiger partial charge in [-0.2, -0.15) is 0 Å². The molecule has 2 aliphatic heterocycles. The molecule has 2 fully saturated rings. The summed E-state index contributed by atoms with van der Waals surface area (Å²) in [5, 5.41) is 0. The van der Waals surface area contributed by atoms with Crippen LogP contribution < -0.4 is 0 Å². The van der Waals surface area contributed by atoms with Gasteiger partial charge < -0.3 is 14.5 Å². The Morgan fingerprint density at radius 1 is 1.19 bits per heavy atom. The smallest absolute Gasteiger partial charge is 0.178 e. The van der Waals surface area contributed by atoms with Crippen molar-refractivity contribution in [2.45, 2.75) is 50.2 Å². The fraction of sp³-hybridized carbons (Fsp3) is 0.562. The zero-order valence-corrected chi connectivity index (χ0v) is 14.6. The van der Waals surface area contributed by atoms with Crippen LogP contribution in [0.3, 0.4) is 0 Å². The van der Waals surface area contributed by atoms with Crippen molar-refractivity contribution in [3.8, 4) is 0 Å². The molecule has 2 bridgehead atoms. The maximum absolute atomic E-state index is 5.62. The van der Waals surface area contributed by atoms with E-state index in [4.69, 9.17) is 12.2 Å². The van der Waals surface area contributed by atoms with Crippen molar-refractivity contribution in [1.29, 1.82) is 0 Å². The predicted octanol–water partition coefficient (Wildman–Crippen LogP) is 4.65. The average molecular weight is 366 g/mol. The number of hydrogen-bond acceptors (Lipinski definition) is 2. The van der Waals surface area contributed by atoms with Crippen LogP contribution in [-0.2, 0) is 0 Å². The molecule has 112 valence electrons. The highest BCUT2D eigenvalue weighted by Gasteiger charge is 2.37. The van der Waals surface area contributed by atoms with E-state index >= 15 is 0 Å². The number of rotatable bonds is 1. The first-order valence-electron chi connectivity index (χ1n) is 7.75. The Bertz CT molecular complexity index is 721. The van der Waals surface area contributed by atoms with Crippen LogP contribution in [0.25, 0.3) is 11.0 Å². The van der Waals surface area contributed by atoms with Crippen LogP contribution in [0.15, 0.2) is 22.7 Å². The molecule has 0 aliphatic carbocycles. The van der Waals surface area contributed by atoms with Gasteiger partial charge in [0.1, 0.15) is 0 Å². The Labute approximate surface area is 138 Å². The first kappa shape index (κ1) is 14.0. The van der Waals surface area contributed by atoms with Gasteiger partial charge in [-0.1, -0.05) is 22.4 Å². The largest absolute Gasteiger partial charge is 0.331 e. The molecular weight excluding hydrogens is 346 g/mol. The number of piperidine rings is 2. The summed E-state index contributed by atoms with van der Waals surface area (Å²) in [6.45, 7) is 0. The summed E-state index contributed by atoms with van der Waals surface area (Å²) in [6.07, 6.45) is 6.52. The van der Waals surface area contributed by atoms with Gasteiger partial charge in [0, 0.05) is 22.6 Å². The number of halogens is 1. The second-order valence-corrected chi connectivity index (χ2v) is 7.79. The van der Waals surface area contributed by atoms with Crippen LogP contribution in [0.2, 0.25) is 0 Å². The molecule has 0 radical (unpaired) electrons. The zero-order chi connectivity index (χ0) is 14.6. The standard InChI is InChI=1S/C16H20BrN3S/c1-19-11-3-2-4-12(19)9-13(8-11)20-15-6-5-10(17)7-14(15)18-16(20)21/h5-7,11-13H,2-4,8-9H2,1H3,(H,18,21). The van der Waals surface area contributed by atoms with E-state index in [1.165, 1.54) is 37.6 Å². The Morgan fingerprint density at radius 2 is 1.90 bits per heavy atom. The molecule has 2 aromatic rings. The van der Waals surface area contributed by atoms with Gasteiger partial charge in [0.15, 0.2) is 4.77 Å². The summed E-state index contributed by atoms with van der Waals surface area (Å²) in [5.41, 5.74) is 2.38. The molecule has 0 amide bonds. The Morgan fingerprint density at radius 3 is 2.62 bits per heavy atom. The molecule has 3 heterocycles. The predicted molar refractivity (Wildman–Crippen MR) is 92.3 cm³/mol. The second-order valence-electron chi connectivity index (χ2n) is 6.49. The normalized spacial score (nSPS) is 29.9. The van der Waals surface area contributed by atoms with Gasteiger partial charge in [0.05, 0.1) is 11.0 Å². The molecule has 1 aromatic carbocycles. The summed E-state index contributed by atoms with van der Waals surface area (Å²) in [5.74, 6) is 0. The van der Waals surface area contributed by atoms with Crippen LogP contribution in [-0.4, -0.2) is 33.6 Å². The van der Waals surface area contributed by atoms with Crippen molar-refractivity contribution >= 4 is 39.2 Å². The van der Waals surface area contributed by atoms with E-state index in [-0.39, 0.29) is 0 Å². The monoisotopic (exact) mass is 365 g/mol. The fourth-order valence-electron chi connectivity index (χ4n) is 4.26. The van der Waals surface area contributed by atoms with Crippen molar-refractivity contribution in [1.82, 2.24) is 14.5 Å². The highest BCUT2D eigenvalue weighted by atomic mass is 79.9. The van der Waals surface area contributed by atoms with Crippen LogP contribution >= 0.6 is 28.1 Å². The quantitative estimate of drug-likeness (QED) is 0.743. The first-order valence-corrected chi connectivity index (χ1v) is 8.95. The first-order chi connectivity index (χ1) is 10.1. The number of H-pyrrole nitrogens is 1.